The van der Waals surface area contributed by atoms with Crippen molar-refractivity contribution in [3.63, 3.8) is 0 Å². The van der Waals surface area contributed by atoms with Crippen LogP contribution in [0.3, 0.4) is 0 Å². The molecule has 92 valence electrons. The van der Waals surface area contributed by atoms with Crippen LogP contribution in [-0.2, 0) is 6.54 Å². The van der Waals surface area contributed by atoms with Gasteiger partial charge in [0.15, 0.2) is 0 Å². The molecule has 0 heterocycles. The maximum absolute atomic E-state index is 6.04. The van der Waals surface area contributed by atoms with E-state index >= 15 is 0 Å². The molecule has 0 atom stereocenters. The molecule has 0 fully saturated rings. The lowest BCUT2D eigenvalue weighted by Gasteiger charge is -2.02. The van der Waals surface area contributed by atoms with Gasteiger partial charge in [0.1, 0.15) is 0 Å². The molecule has 0 bridgehead atoms. The average Bonchev–Trinajstić information content (AvgIpc) is 2.37. The van der Waals surface area contributed by atoms with Crippen molar-refractivity contribution in [2.75, 3.05) is 0 Å². The maximum Gasteiger partial charge on any atom is 0.0594 e. The maximum atomic E-state index is 6.04. The fourth-order valence-corrected chi connectivity index (χ4v) is 2.10. The van der Waals surface area contributed by atoms with Gasteiger partial charge in [-0.05, 0) is 29.3 Å². The molecule has 0 aliphatic carbocycles. The molecule has 18 heavy (non-hydrogen) atoms. The summed E-state index contributed by atoms with van der Waals surface area (Å²) in [6.45, 7) is 0.615. The van der Waals surface area contributed by atoms with Crippen molar-refractivity contribution in [2.45, 2.75) is 6.54 Å². The Balaban J connectivity index is 1.91. The molecule has 0 aromatic heterocycles. The second-order valence-electron chi connectivity index (χ2n) is 3.74. The number of benzene rings is 2. The molecule has 0 amide bonds. The minimum absolute atomic E-state index is 0.615. The summed E-state index contributed by atoms with van der Waals surface area (Å²) in [7, 11) is 0. The van der Waals surface area contributed by atoms with Crippen LogP contribution < -0.4 is 5.43 Å². The fourth-order valence-electron chi connectivity index (χ4n) is 1.48. The van der Waals surface area contributed by atoms with E-state index in [0.717, 1.165) is 20.6 Å². The molecule has 0 aliphatic rings. The van der Waals surface area contributed by atoms with Crippen LogP contribution in [-0.4, -0.2) is 6.21 Å². The van der Waals surface area contributed by atoms with Gasteiger partial charge < -0.3 is 5.43 Å². The first-order valence-electron chi connectivity index (χ1n) is 5.50. The second kappa shape index (κ2) is 6.57. The lowest BCUT2D eigenvalue weighted by atomic mass is 10.2. The van der Waals surface area contributed by atoms with E-state index in [0.29, 0.717) is 6.54 Å². The smallest absolute Gasteiger partial charge is 0.0594 e. The van der Waals surface area contributed by atoms with E-state index in [1.807, 2.05) is 48.5 Å². The van der Waals surface area contributed by atoms with E-state index in [1.165, 1.54) is 0 Å². The molecule has 0 saturated heterocycles. The van der Waals surface area contributed by atoms with Crippen molar-refractivity contribution in [3.8, 4) is 0 Å². The van der Waals surface area contributed by atoms with Gasteiger partial charge in [-0.3, -0.25) is 0 Å². The number of nitrogens with zero attached hydrogens (tertiary/aromatic N) is 1. The molecular formula is C14H12BrClN2. The third kappa shape index (κ3) is 3.86. The van der Waals surface area contributed by atoms with Crippen molar-refractivity contribution in [1.29, 1.82) is 0 Å². The largest absolute Gasteiger partial charge is 0.306 e. The van der Waals surface area contributed by atoms with Crippen LogP contribution >= 0.6 is 27.5 Å². The number of rotatable bonds is 4. The average molecular weight is 324 g/mol. The summed E-state index contributed by atoms with van der Waals surface area (Å²) in [6.07, 6.45) is 1.78. The third-order valence-electron chi connectivity index (χ3n) is 2.38. The SMILES string of the molecule is Clc1ccccc1CN/N=C\c1cccc(Br)c1. The van der Waals surface area contributed by atoms with Crippen LogP contribution in [0.4, 0.5) is 0 Å². The molecule has 0 unspecified atom stereocenters. The van der Waals surface area contributed by atoms with Gasteiger partial charge >= 0.3 is 0 Å². The van der Waals surface area contributed by atoms with Crippen LogP contribution in [0.15, 0.2) is 58.1 Å². The van der Waals surface area contributed by atoms with Crippen molar-refractivity contribution >= 4 is 33.7 Å². The number of halogens is 2. The van der Waals surface area contributed by atoms with E-state index in [1.54, 1.807) is 6.21 Å². The van der Waals surface area contributed by atoms with E-state index in [-0.39, 0.29) is 0 Å². The summed E-state index contributed by atoms with van der Waals surface area (Å²) in [5.74, 6) is 0. The second-order valence-corrected chi connectivity index (χ2v) is 5.06. The van der Waals surface area contributed by atoms with Crippen LogP contribution in [0, 0.1) is 0 Å². The van der Waals surface area contributed by atoms with Gasteiger partial charge in [0.25, 0.3) is 0 Å². The van der Waals surface area contributed by atoms with E-state index < -0.39 is 0 Å². The molecule has 0 saturated carbocycles. The minimum Gasteiger partial charge on any atom is -0.306 e. The summed E-state index contributed by atoms with van der Waals surface area (Å²) in [6, 6.07) is 15.7. The van der Waals surface area contributed by atoms with Crippen LogP contribution in [0.5, 0.6) is 0 Å². The Morgan fingerprint density at radius 1 is 1.17 bits per heavy atom. The number of nitrogens with one attached hydrogen (secondary N) is 1. The molecule has 1 N–H and O–H groups in total. The summed E-state index contributed by atoms with van der Waals surface area (Å²) in [5, 5.41) is 4.92. The molecule has 0 aliphatic heterocycles. The zero-order valence-electron chi connectivity index (χ0n) is 9.61. The molecule has 2 aromatic carbocycles. The van der Waals surface area contributed by atoms with Gasteiger partial charge in [-0.25, -0.2) is 0 Å². The monoisotopic (exact) mass is 322 g/mol. The van der Waals surface area contributed by atoms with E-state index in [2.05, 4.69) is 26.5 Å². The Morgan fingerprint density at radius 2 is 2.00 bits per heavy atom. The summed E-state index contributed by atoms with van der Waals surface area (Å²) in [5.41, 5.74) is 5.05. The lowest BCUT2D eigenvalue weighted by molar-refractivity contribution is 0.748. The van der Waals surface area contributed by atoms with Gasteiger partial charge in [-0.2, -0.15) is 5.10 Å². The van der Waals surface area contributed by atoms with Crippen LogP contribution in [0.1, 0.15) is 11.1 Å². The van der Waals surface area contributed by atoms with Crippen molar-refractivity contribution < 1.29 is 0 Å². The topological polar surface area (TPSA) is 24.4 Å². The molecule has 0 spiro atoms. The van der Waals surface area contributed by atoms with Gasteiger partial charge in [0.05, 0.1) is 12.8 Å². The fraction of sp³-hybridized carbons (Fsp3) is 0.0714. The predicted molar refractivity (Wildman–Crippen MR) is 80.0 cm³/mol. The van der Waals surface area contributed by atoms with Crippen molar-refractivity contribution in [1.82, 2.24) is 5.43 Å². The Bertz CT molecular complexity index is 555. The van der Waals surface area contributed by atoms with E-state index in [4.69, 9.17) is 11.6 Å². The number of hydrogen-bond donors (Lipinski definition) is 1. The highest BCUT2D eigenvalue weighted by atomic mass is 79.9. The first-order valence-corrected chi connectivity index (χ1v) is 6.68. The highest BCUT2D eigenvalue weighted by molar-refractivity contribution is 9.10. The summed E-state index contributed by atoms with van der Waals surface area (Å²) >= 11 is 9.46. The van der Waals surface area contributed by atoms with Gasteiger partial charge in [-0.1, -0.05) is 57.9 Å². The number of hydrazone groups is 1. The standard InChI is InChI=1S/C14H12BrClN2/c15-13-6-3-4-11(8-13)9-17-18-10-12-5-1-2-7-14(12)16/h1-9,18H,10H2/b17-9-. The molecule has 4 heteroatoms. The van der Waals surface area contributed by atoms with Crippen molar-refractivity contribution in [2.24, 2.45) is 5.10 Å². The highest BCUT2D eigenvalue weighted by Crippen LogP contribution is 2.14. The van der Waals surface area contributed by atoms with Crippen LogP contribution in [0.2, 0.25) is 5.02 Å². The highest BCUT2D eigenvalue weighted by Gasteiger charge is 1.96. The van der Waals surface area contributed by atoms with E-state index in [9.17, 15) is 0 Å². The van der Waals surface area contributed by atoms with Gasteiger partial charge in [0, 0.05) is 9.50 Å². The Kier molecular flexibility index (Phi) is 4.79. The van der Waals surface area contributed by atoms with Gasteiger partial charge in [-0.15, -0.1) is 0 Å². The van der Waals surface area contributed by atoms with Crippen LogP contribution in [0.25, 0.3) is 0 Å². The van der Waals surface area contributed by atoms with Gasteiger partial charge in [0.2, 0.25) is 0 Å². The first kappa shape index (κ1) is 13.1. The Hall–Kier alpha value is -1.32. The first-order chi connectivity index (χ1) is 8.75. The number of hydrogen-bond acceptors (Lipinski definition) is 2. The zero-order valence-corrected chi connectivity index (χ0v) is 11.9. The molecule has 2 aromatic rings. The molecule has 0 radical (unpaired) electrons. The Morgan fingerprint density at radius 3 is 2.78 bits per heavy atom. The summed E-state index contributed by atoms with van der Waals surface area (Å²) in [4.78, 5) is 0. The summed E-state index contributed by atoms with van der Waals surface area (Å²) < 4.78 is 1.04. The third-order valence-corrected chi connectivity index (χ3v) is 3.24. The molecule has 2 rings (SSSR count). The normalized spacial score (nSPS) is 10.8. The van der Waals surface area contributed by atoms with Crippen molar-refractivity contribution in [3.05, 3.63) is 69.2 Å². The molecular weight excluding hydrogens is 312 g/mol. The lowest BCUT2D eigenvalue weighted by Crippen LogP contribution is -2.05. The molecule has 2 nitrogen and oxygen atoms in total. The zero-order chi connectivity index (χ0) is 12.8. The quantitative estimate of drug-likeness (QED) is 0.661. The Labute approximate surface area is 120 Å². The predicted octanol–water partition coefficient (Wildman–Crippen LogP) is 4.23. The minimum atomic E-state index is 0.615.